The fourth-order valence-electron chi connectivity index (χ4n) is 2.18. The molecule has 1 aliphatic rings. The van der Waals surface area contributed by atoms with Crippen LogP contribution in [0.15, 0.2) is 0 Å². The largest absolute Gasteiger partial charge is 0.481 e. The first-order valence-electron chi connectivity index (χ1n) is 7.06. The quantitative estimate of drug-likeness (QED) is 0.706. The molecule has 0 saturated carbocycles. The molecular formula is C13H24N2O5. The number of urea groups is 1. The predicted molar refractivity (Wildman–Crippen MR) is 72.5 cm³/mol. The van der Waals surface area contributed by atoms with Crippen LogP contribution in [0, 0.1) is 0 Å². The third-order valence-electron chi connectivity index (χ3n) is 3.23. The van der Waals surface area contributed by atoms with Gasteiger partial charge in [0.15, 0.2) is 0 Å². The Balaban J connectivity index is 2.56. The molecule has 0 radical (unpaired) electrons. The summed E-state index contributed by atoms with van der Waals surface area (Å²) < 4.78 is 5.35. The van der Waals surface area contributed by atoms with Crippen LogP contribution in [0.25, 0.3) is 0 Å². The minimum atomic E-state index is -0.928. The zero-order valence-corrected chi connectivity index (χ0v) is 12.0. The van der Waals surface area contributed by atoms with Crippen molar-refractivity contribution in [2.75, 3.05) is 39.4 Å². The second-order valence-corrected chi connectivity index (χ2v) is 4.88. The van der Waals surface area contributed by atoms with E-state index in [1.54, 1.807) is 9.80 Å². The number of nitrogens with zero attached hydrogens (tertiary/aromatic N) is 2. The molecule has 0 aromatic rings. The molecule has 1 aliphatic heterocycles. The van der Waals surface area contributed by atoms with Crippen molar-refractivity contribution in [2.45, 2.75) is 32.3 Å². The van der Waals surface area contributed by atoms with Crippen LogP contribution in [-0.2, 0) is 9.53 Å². The minimum Gasteiger partial charge on any atom is -0.481 e. The Morgan fingerprint density at radius 1 is 1.40 bits per heavy atom. The maximum atomic E-state index is 12.4. The third-order valence-corrected chi connectivity index (χ3v) is 3.23. The number of aliphatic hydroxyl groups excluding tert-OH is 1. The van der Waals surface area contributed by atoms with Gasteiger partial charge in [0, 0.05) is 26.2 Å². The maximum Gasteiger partial charge on any atom is 0.320 e. The molecule has 1 atom stereocenters. The topological polar surface area (TPSA) is 90.3 Å². The van der Waals surface area contributed by atoms with E-state index in [1.807, 2.05) is 6.92 Å². The number of ether oxygens (including phenoxy) is 1. The van der Waals surface area contributed by atoms with Crippen molar-refractivity contribution in [3.8, 4) is 0 Å². The number of carbonyl (C=O) groups is 2. The lowest BCUT2D eigenvalue weighted by Gasteiger charge is -2.36. The fraction of sp³-hybridized carbons (Fsp3) is 0.846. The van der Waals surface area contributed by atoms with E-state index in [0.717, 1.165) is 12.8 Å². The molecule has 1 fully saturated rings. The van der Waals surface area contributed by atoms with Crippen molar-refractivity contribution < 1.29 is 24.5 Å². The van der Waals surface area contributed by atoms with Gasteiger partial charge < -0.3 is 24.7 Å². The Morgan fingerprint density at radius 2 is 2.15 bits per heavy atom. The van der Waals surface area contributed by atoms with E-state index in [4.69, 9.17) is 14.9 Å². The first-order valence-corrected chi connectivity index (χ1v) is 7.06. The molecule has 0 aromatic carbocycles. The summed E-state index contributed by atoms with van der Waals surface area (Å²) in [6.45, 7) is 3.99. The number of carboxylic acid groups (broad SMARTS) is 1. The molecule has 0 aliphatic carbocycles. The van der Waals surface area contributed by atoms with E-state index in [9.17, 15) is 9.59 Å². The fourth-order valence-corrected chi connectivity index (χ4v) is 2.18. The maximum absolute atomic E-state index is 12.4. The molecule has 0 aromatic heterocycles. The highest BCUT2D eigenvalue weighted by molar-refractivity contribution is 5.75. The number of rotatable bonds is 7. The van der Waals surface area contributed by atoms with E-state index in [2.05, 4.69) is 0 Å². The van der Waals surface area contributed by atoms with Crippen LogP contribution in [-0.4, -0.2) is 77.5 Å². The molecule has 1 saturated heterocycles. The average molecular weight is 288 g/mol. The van der Waals surface area contributed by atoms with Crippen molar-refractivity contribution in [3.05, 3.63) is 0 Å². The number of unbranched alkanes of at least 4 members (excludes halogenated alkanes) is 1. The number of carbonyl (C=O) groups excluding carboxylic acids is 1. The van der Waals surface area contributed by atoms with E-state index < -0.39 is 12.1 Å². The van der Waals surface area contributed by atoms with Crippen LogP contribution in [0.1, 0.15) is 26.2 Å². The molecular weight excluding hydrogens is 264 g/mol. The third kappa shape index (κ3) is 5.34. The van der Waals surface area contributed by atoms with Crippen molar-refractivity contribution >= 4 is 12.0 Å². The average Bonchev–Trinajstić information content (AvgIpc) is 2.42. The lowest BCUT2D eigenvalue weighted by atomic mass is 10.2. The summed E-state index contributed by atoms with van der Waals surface area (Å²) >= 11 is 0. The molecule has 2 amide bonds. The zero-order valence-electron chi connectivity index (χ0n) is 12.0. The number of hydrogen-bond donors (Lipinski definition) is 2. The summed E-state index contributed by atoms with van der Waals surface area (Å²) in [6.07, 6.45) is 1.31. The van der Waals surface area contributed by atoms with E-state index in [0.29, 0.717) is 32.8 Å². The Labute approximate surface area is 119 Å². The molecule has 0 spiro atoms. The summed E-state index contributed by atoms with van der Waals surface area (Å²) in [5, 5.41) is 17.8. The van der Waals surface area contributed by atoms with Crippen LogP contribution >= 0.6 is 0 Å². The summed E-state index contributed by atoms with van der Waals surface area (Å²) in [7, 11) is 0. The van der Waals surface area contributed by atoms with Crippen LogP contribution in [0.3, 0.4) is 0 Å². The van der Waals surface area contributed by atoms with Gasteiger partial charge in [0.05, 0.1) is 25.7 Å². The molecule has 1 rings (SSSR count). The lowest BCUT2D eigenvalue weighted by molar-refractivity contribution is -0.141. The summed E-state index contributed by atoms with van der Waals surface area (Å²) in [6, 6.07) is -0.147. The summed E-state index contributed by atoms with van der Waals surface area (Å²) in [5.41, 5.74) is 0. The molecule has 20 heavy (non-hydrogen) atoms. The first kappa shape index (κ1) is 16.7. The van der Waals surface area contributed by atoms with Gasteiger partial charge in [0.25, 0.3) is 0 Å². The van der Waals surface area contributed by atoms with Crippen molar-refractivity contribution in [1.82, 2.24) is 9.80 Å². The van der Waals surface area contributed by atoms with Gasteiger partial charge in [-0.15, -0.1) is 0 Å². The molecule has 1 heterocycles. The van der Waals surface area contributed by atoms with Crippen molar-refractivity contribution in [1.29, 1.82) is 0 Å². The number of carboxylic acids is 1. The van der Waals surface area contributed by atoms with E-state index >= 15 is 0 Å². The predicted octanol–water partition coefficient (Wildman–Crippen LogP) is 0.376. The van der Waals surface area contributed by atoms with Gasteiger partial charge in [-0.2, -0.15) is 0 Å². The van der Waals surface area contributed by atoms with Crippen molar-refractivity contribution in [3.63, 3.8) is 0 Å². The zero-order chi connectivity index (χ0) is 15.0. The number of morpholine rings is 1. The number of amides is 2. The Kier molecular flexibility index (Phi) is 7.32. The molecule has 1 unspecified atom stereocenters. The minimum absolute atomic E-state index is 0.0711. The summed E-state index contributed by atoms with van der Waals surface area (Å²) in [5.74, 6) is -0.928. The Bertz CT molecular complexity index is 324. The van der Waals surface area contributed by atoms with Gasteiger partial charge in [-0.3, -0.25) is 4.79 Å². The standard InChI is InChI=1S/C13H24N2O5/c1-2-3-4-14(5-7-16)13(19)15-6-8-20-11(10-15)9-12(17)18/h11,16H,2-10H2,1H3,(H,17,18). The first-order chi connectivity index (χ1) is 9.58. The van der Waals surface area contributed by atoms with Crippen LogP contribution < -0.4 is 0 Å². The highest BCUT2D eigenvalue weighted by atomic mass is 16.5. The van der Waals surface area contributed by atoms with Crippen LogP contribution in [0.5, 0.6) is 0 Å². The van der Waals surface area contributed by atoms with Gasteiger partial charge in [-0.25, -0.2) is 4.79 Å². The number of aliphatic carboxylic acids is 1. The molecule has 7 nitrogen and oxygen atoms in total. The van der Waals surface area contributed by atoms with Crippen molar-refractivity contribution in [2.24, 2.45) is 0 Å². The van der Waals surface area contributed by atoms with E-state index in [-0.39, 0.29) is 19.1 Å². The smallest absolute Gasteiger partial charge is 0.320 e. The van der Waals surface area contributed by atoms with Gasteiger partial charge in [-0.05, 0) is 6.42 Å². The number of hydrogen-bond acceptors (Lipinski definition) is 4. The van der Waals surface area contributed by atoms with Gasteiger partial charge >= 0.3 is 12.0 Å². The molecule has 7 heteroatoms. The van der Waals surface area contributed by atoms with Crippen LogP contribution in [0.4, 0.5) is 4.79 Å². The SMILES string of the molecule is CCCCN(CCO)C(=O)N1CCOC(CC(=O)O)C1. The van der Waals surface area contributed by atoms with E-state index in [1.165, 1.54) is 0 Å². The highest BCUT2D eigenvalue weighted by Crippen LogP contribution is 2.11. The van der Waals surface area contributed by atoms with Crippen LogP contribution in [0.2, 0.25) is 0 Å². The Hall–Kier alpha value is -1.34. The number of aliphatic hydroxyl groups is 1. The second-order valence-electron chi connectivity index (χ2n) is 4.88. The summed E-state index contributed by atoms with van der Waals surface area (Å²) in [4.78, 5) is 26.3. The molecule has 2 N–H and O–H groups in total. The lowest BCUT2D eigenvalue weighted by Crippen LogP contribution is -2.52. The normalized spacial score (nSPS) is 18.9. The van der Waals surface area contributed by atoms with Gasteiger partial charge in [-0.1, -0.05) is 13.3 Å². The molecule has 0 bridgehead atoms. The second kappa shape index (κ2) is 8.76. The Morgan fingerprint density at radius 3 is 2.75 bits per heavy atom. The van der Waals surface area contributed by atoms with Gasteiger partial charge in [0.2, 0.25) is 0 Å². The molecule has 116 valence electrons. The monoisotopic (exact) mass is 288 g/mol. The highest BCUT2D eigenvalue weighted by Gasteiger charge is 2.28. The van der Waals surface area contributed by atoms with Gasteiger partial charge in [0.1, 0.15) is 0 Å².